The van der Waals surface area contributed by atoms with Crippen LogP contribution in [0.2, 0.25) is 0 Å². The van der Waals surface area contributed by atoms with E-state index in [-0.39, 0.29) is 5.78 Å². The average Bonchev–Trinajstić information content (AvgIpc) is 2.54. The van der Waals surface area contributed by atoms with Gasteiger partial charge in [0.05, 0.1) is 6.42 Å². The first-order valence-electron chi connectivity index (χ1n) is 8.67. The number of carbonyl (C=O) groups excluding carboxylic acids is 2. The van der Waals surface area contributed by atoms with Crippen LogP contribution in [0.4, 0.5) is 0 Å². The fourth-order valence-electron chi connectivity index (χ4n) is 3.00. The molecule has 4 heteroatoms. The van der Waals surface area contributed by atoms with E-state index >= 15 is 0 Å². The van der Waals surface area contributed by atoms with Crippen molar-refractivity contribution in [2.75, 3.05) is 19.6 Å². The molecule has 0 aromatic heterocycles. The second-order valence-corrected chi connectivity index (χ2v) is 6.23. The van der Waals surface area contributed by atoms with Crippen LogP contribution >= 0.6 is 0 Å². The molecule has 1 heterocycles. The molecule has 122 valence electrons. The van der Waals surface area contributed by atoms with Crippen LogP contribution in [0.25, 0.3) is 0 Å². The molecule has 0 radical (unpaired) electrons. The Labute approximate surface area is 133 Å². The molecule has 0 saturated carbocycles. The molecule has 2 rings (SSSR count). The number of ketones is 1. The zero-order valence-electron chi connectivity index (χ0n) is 13.5. The van der Waals surface area contributed by atoms with E-state index in [2.05, 4.69) is 5.32 Å². The van der Waals surface area contributed by atoms with Crippen LogP contribution in [-0.2, 0) is 9.59 Å². The van der Waals surface area contributed by atoms with Gasteiger partial charge in [0, 0.05) is 31.8 Å². The normalized spacial score (nSPS) is 18.3. The fraction of sp³-hybridized carbons (Fsp3) is 0.667. The number of nitrogens with zero attached hydrogens (tertiary/aromatic N) is 1. The Hall–Kier alpha value is -1.58. The molecular formula is C18H28N2O2. The van der Waals surface area contributed by atoms with Gasteiger partial charge >= 0.3 is 0 Å². The minimum atomic E-state index is 0.168. The Morgan fingerprint density at radius 1 is 1.09 bits per heavy atom. The molecule has 1 aliphatic carbocycles. The molecule has 4 nitrogen and oxygen atoms in total. The van der Waals surface area contributed by atoms with E-state index in [9.17, 15) is 9.59 Å². The molecule has 0 bridgehead atoms. The monoisotopic (exact) mass is 304 g/mol. The van der Waals surface area contributed by atoms with Gasteiger partial charge in [0.15, 0.2) is 5.78 Å². The van der Waals surface area contributed by atoms with Gasteiger partial charge in [-0.15, -0.1) is 0 Å². The number of nitrogens with one attached hydrogen (secondary N) is 1. The summed E-state index contributed by atoms with van der Waals surface area (Å²) in [5, 5.41) is 3.32. The number of hydrogen-bond donors (Lipinski definition) is 1. The number of likely N-dealkylation sites (tertiary alicyclic amines) is 1. The Morgan fingerprint density at radius 2 is 1.86 bits per heavy atom. The Balaban J connectivity index is 1.46. The van der Waals surface area contributed by atoms with Crippen molar-refractivity contribution in [1.29, 1.82) is 0 Å². The lowest BCUT2D eigenvalue weighted by Crippen LogP contribution is -2.35. The fourth-order valence-corrected chi connectivity index (χ4v) is 3.00. The van der Waals surface area contributed by atoms with E-state index in [1.165, 1.54) is 19.3 Å². The van der Waals surface area contributed by atoms with Crippen LogP contribution in [0, 0.1) is 0 Å². The van der Waals surface area contributed by atoms with Crippen molar-refractivity contribution in [3.8, 4) is 0 Å². The van der Waals surface area contributed by atoms with Crippen molar-refractivity contribution in [2.24, 2.45) is 0 Å². The zero-order chi connectivity index (χ0) is 15.6. The lowest BCUT2D eigenvalue weighted by atomic mass is 10.1. The van der Waals surface area contributed by atoms with Gasteiger partial charge in [-0.05, 0) is 44.3 Å². The van der Waals surface area contributed by atoms with Crippen molar-refractivity contribution < 1.29 is 9.59 Å². The SMILES string of the molecule is O=C1C=CC=C(NCCCCCCC(=O)N2CCCCC2)C1. The molecule has 2 aliphatic rings. The first-order valence-corrected chi connectivity index (χ1v) is 8.67. The van der Waals surface area contributed by atoms with Crippen LogP contribution in [0.15, 0.2) is 23.9 Å². The average molecular weight is 304 g/mol. The lowest BCUT2D eigenvalue weighted by molar-refractivity contribution is -0.132. The first-order chi connectivity index (χ1) is 10.8. The Bertz CT molecular complexity index is 434. The minimum absolute atomic E-state index is 0.168. The molecule has 0 unspecified atom stereocenters. The maximum Gasteiger partial charge on any atom is 0.222 e. The third kappa shape index (κ3) is 6.04. The van der Waals surface area contributed by atoms with Gasteiger partial charge < -0.3 is 10.2 Å². The summed E-state index contributed by atoms with van der Waals surface area (Å²) >= 11 is 0. The van der Waals surface area contributed by atoms with Crippen molar-refractivity contribution in [2.45, 2.75) is 57.8 Å². The first kappa shape index (κ1) is 16.8. The molecule has 1 fully saturated rings. The van der Waals surface area contributed by atoms with Crippen LogP contribution in [0.5, 0.6) is 0 Å². The molecule has 1 amide bonds. The van der Waals surface area contributed by atoms with Crippen molar-refractivity contribution in [1.82, 2.24) is 10.2 Å². The summed E-state index contributed by atoms with van der Waals surface area (Å²) in [6.07, 6.45) is 14.6. The second-order valence-electron chi connectivity index (χ2n) is 6.23. The molecule has 0 spiro atoms. The summed E-state index contributed by atoms with van der Waals surface area (Å²) in [6.45, 7) is 2.84. The zero-order valence-corrected chi connectivity index (χ0v) is 13.5. The maximum absolute atomic E-state index is 12.0. The molecule has 1 N–H and O–H groups in total. The molecular weight excluding hydrogens is 276 g/mol. The summed E-state index contributed by atoms with van der Waals surface area (Å²) < 4.78 is 0. The number of allylic oxidation sites excluding steroid dienone is 4. The highest BCUT2D eigenvalue weighted by Crippen LogP contribution is 2.12. The third-order valence-electron chi connectivity index (χ3n) is 4.32. The Kier molecular flexibility index (Phi) is 7.20. The highest BCUT2D eigenvalue weighted by Gasteiger charge is 2.15. The number of rotatable bonds is 8. The summed E-state index contributed by atoms with van der Waals surface area (Å²) in [5.41, 5.74) is 1.02. The molecule has 0 aromatic rings. The summed E-state index contributed by atoms with van der Waals surface area (Å²) in [7, 11) is 0. The van der Waals surface area contributed by atoms with E-state index in [0.29, 0.717) is 18.7 Å². The van der Waals surface area contributed by atoms with E-state index < -0.39 is 0 Å². The number of hydrogen-bond acceptors (Lipinski definition) is 3. The van der Waals surface area contributed by atoms with Crippen LogP contribution in [0.3, 0.4) is 0 Å². The van der Waals surface area contributed by atoms with E-state index in [1.807, 2.05) is 11.0 Å². The van der Waals surface area contributed by atoms with Crippen LogP contribution < -0.4 is 5.32 Å². The molecule has 1 saturated heterocycles. The van der Waals surface area contributed by atoms with Crippen molar-refractivity contribution in [3.63, 3.8) is 0 Å². The Morgan fingerprint density at radius 3 is 2.64 bits per heavy atom. The van der Waals surface area contributed by atoms with Gasteiger partial charge in [0.1, 0.15) is 0 Å². The quantitative estimate of drug-likeness (QED) is 0.701. The van der Waals surface area contributed by atoms with E-state index in [1.54, 1.807) is 12.2 Å². The lowest BCUT2D eigenvalue weighted by Gasteiger charge is -2.26. The molecule has 0 aromatic carbocycles. The summed E-state index contributed by atoms with van der Waals surface area (Å²) in [5.74, 6) is 0.511. The maximum atomic E-state index is 12.0. The van der Waals surface area contributed by atoms with E-state index in [4.69, 9.17) is 0 Å². The minimum Gasteiger partial charge on any atom is -0.388 e. The predicted octanol–water partition coefficient (Wildman–Crippen LogP) is 2.95. The number of carbonyl (C=O) groups is 2. The third-order valence-corrected chi connectivity index (χ3v) is 4.32. The molecule has 22 heavy (non-hydrogen) atoms. The standard InChI is InChI=1S/C18H28N2O2/c21-17-10-8-9-16(15-17)19-12-5-2-1-4-11-18(22)20-13-6-3-7-14-20/h8-10,19H,1-7,11-15H2. The largest absolute Gasteiger partial charge is 0.388 e. The van der Waals surface area contributed by atoms with Crippen LogP contribution in [0.1, 0.15) is 57.8 Å². The van der Waals surface area contributed by atoms with Gasteiger partial charge in [-0.3, -0.25) is 9.59 Å². The van der Waals surface area contributed by atoms with Crippen molar-refractivity contribution >= 4 is 11.7 Å². The van der Waals surface area contributed by atoms with Gasteiger partial charge in [-0.2, -0.15) is 0 Å². The molecule has 0 atom stereocenters. The predicted molar refractivity (Wildman–Crippen MR) is 88.4 cm³/mol. The number of piperidine rings is 1. The summed E-state index contributed by atoms with van der Waals surface area (Å²) in [4.78, 5) is 25.3. The molecule has 1 aliphatic heterocycles. The summed E-state index contributed by atoms with van der Waals surface area (Å²) in [6, 6.07) is 0. The van der Waals surface area contributed by atoms with Crippen molar-refractivity contribution in [3.05, 3.63) is 23.9 Å². The highest BCUT2D eigenvalue weighted by atomic mass is 16.2. The number of unbranched alkanes of at least 4 members (excludes halogenated alkanes) is 3. The van der Waals surface area contributed by atoms with Crippen LogP contribution in [-0.4, -0.2) is 36.2 Å². The van der Waals surface area contributed by atoms with Gasteiger partial charge in [0.25, 0.3) is 0 Å². The van der Waals surface area contributed by atoms with E-state index in [0.717, 1.165) is 51.0 Å². The highest BCUT2D eigenvalue weighted by molar-refractivity contribution is 5.92. The smallest absolute Gasteiger partial charge is 0.222 e. The topological polar surface area (TPSA) is 49.4 Å². The van der Waals surface area contributed by atoms with Gasteiger partial charge in [0.2, 0.25) is 5.91 Å². The number of amides is 1. The van der Waals surface area contributed by atoms with Gasteiger partial charge in [-0.1, -0.05) is 18.9 Å². The second kappa shape index (κ2) is 9.44. The van der Waals surface area contributed by atoms with Gasteiger partial charge in [-0.25, -0.2) is 0 Å².